The summed E-state index contributed by atoms with van der Waals surface area (Å²) >= 11 is 1.28. The van der Waals surface area contributed by atoms with Crippen LogP contribution in [0, 0.1) is 13.8 Å². The molecule has 1 aliphatic rings. The predicted octanol–water partition coefficient (Wildman–Crippen LogP) is 3.14. The number of benzene rings is 2. The van der Waals surface area contributed by atoms with E-state index in [0.717, 1.165) is 16.8 Å². The largest absolute Gasteiger partial charge is 0.324 e. The number of para-hydroxylation sites is 2. The van der Waals surface area contributed by atoms with Crippen LogP contribution in [0.2, 0.25) is 0 Å². The predicted molar refractivity (Wildman–Crippen MR) is 116 cm³/mol. The first-order valence-corrected chi connectivity index (χ1v) is 10.6. The zero-order chi connectivity index (χ0) is 21.3. The molecule has 0 spiro atoms. The summed E-state index contributed by atoms with van der Waals surface area (Å²) < 4.78 is 1.65. The Labute approximate surface area is 178 Å². The van der Waals surface area contributed by atoms with E-state index in [2.05, 4.69) is 26.9 Å². The first-order chi connectivity index (χ1) is 14.4. The van der Waals surface area contributed by atoms with Gasteiger partial charge in [0.05, 0.1) is 22.8 Å². The first kappa shape index (κ1) is 20.1. The van der Waals surface area contributed by atoms with Crippen molar-refractivity contribution < 1.29 is 9.59 Å². The topological polar surface area (TPSA) is 93.0 Å². The molecule has 4 rings (SSSR count). The van der Waals surface area contributed by atoms with E-state index in [-0.39, 0.29) is 30.0 Å². The molecule has 8 nitrogen and oxygen atoms in total. The number of aryl methyl sites for hydroxylation is 2. The van der Waals surface area contributed by atoms with Crippen LogP contribution in [0.25, 0.3) is 5.69 Å². The molecule has 0 unspecified atom stereocenters. The molecule has 2 heterocycles. The lowest BCUT2D eigenvalue weighted by molar-refractivity contribution is -0.117. The lowest BCUT2D eigenvalue weighted by atomic mass is 10.1. The molecule has 2 amide bonds. The Morgan fingerprint density at radius 1 is 1.20 bits per heavy atom. The second-order valence-corrected chi connectivity index (χ2v) is 8.28. The van der Waals surface area contributed by atoms with E-state index in [4.69, 9.17) is 0 Å². The number of rotatable bonds is 4. The molecule has 9 heteroatoms. The molecule has 0 bridgehead atoms. The molecule has 0 fully saturated rings. The highest BCUT2D eigenvalue weighted by atomic mass is 32.2. The van der Waals surface area contributed by atoms with Gasteiger partial charge in [-0.05, 0) is 55.0 Å². The Morgan fingerprint density at radius 3 is 2.80 bits per heavy atom. The van der Waals surface area contributed by atoms with Gasteiger partial charge in [0.2, 0.25) is 17.0 Å². The zero-order valence-corrected chi connectivity index (χ0v) is 17.8. The number of hydrogen-bond donors (Lipinski definition) is 1. The van der Waals surface area contributed by atoms with Crippen molar-refractivity contribution in [1.29, 1.82) is 0 Å². The zero-order valence-electron chi connectivity index (χ0n) is 17.0. The van der Waals surface area contributed by atoms with Gasteiger partial charge < -0.3 is 10.2 Å². The molecular weight excluding hydrogens is 400 g/mol. The van der Waals surface area contributed by atoms with Crippen LogP contribution in [-0.4, -0.2) is 43.8 Å². The van der Waals surface area contributed by atoms with E-state index in [1.54, 1.807) is 15.6 Å². The van der Waals surface area contributed by atoms with Crippen LogP contribution in [0.4, 0.5) is 11.4 Å². The SMILES string of the molecule is Cc1ccc(-n2nnnc2SCC(=O)N2c3ccccc3NC(=O)C[C@H]2C)c(C)c1. The summed E-state index contributed by atoms with van der Waals surface area (Å²) in [5.41, 5.74) is 4.44. The molecule has 0 saturated carbocycles. The van der Waals surface area contributed by atoms with Gasteiger partial charge in [-0.2, -0.15) is 4.68 Å². The van der Waals surface area contributed by atoms with E-state index >= 15 is 0 Å². The first-order valence-electron chi connectivity index (χ1n) is 9.64. The minimum atomic E-state index is -0.253. The summed E-state index contributed by atoms with van der Waals surface area (Å²) in [6, 6.07) is 13.1. The third-order valence-corrected chi connectivity index (χ3v) is 5.88. The van der Waals surface area contributed by atoms with Crippen molar-refractivity contribution in [2.24, 2.45) is 0 Å². The van der Waals surface area contributed by atoms with Crippen molar-refractivity contribution in [2.75, 3.05) is 16.0 Å². The molecule has 0 radical (unpaired) electrons. The van der Waals surface area contributed by atoms with Gasteiger partial charge in [-0.15, -0.1) is 5.10 Å². The number of hydrogen-bond acceptors (Lipinski definition) is 6. The van der Waals surface area contributed by atoms with Crippen molar-refractivity contribution in [3.05, 3.63) is 53.6 Å². The number of carbonyl (C=O) groups is 2. The van der Waals surface area contributed by atoms with Crippen LogP contribution in [-0.2, 0) is 9.59 Å². The third-order valence-electron chi connectivity index (χ3n) is 4.97. The van der Waals surface area contributed by atoms with Gasteiger partial charge in [0.1, 0.15) is 0 Å². The van der Waals surface area contributed by atoms with E-state index in [9.17, 15) is 9.59 Å². The summed E-state index contributed by atoms with van der Waals surface area (Å²) in [6.07, 6.45) is 0.241. The molecule has 2 aromatic carbocycles. The van der Waals surface area contributed by atoms with Crippen LogP contribution < -0.4 is 10.2 Å². The average molecular weight is 423 g/mol. The Morgan fingerprint density at radius 2 is 2.00 bits per heavy atom. The smallest absolute Gasteiger partial charge is 0.237 e. The second kappa shape index (κ2) is 8.27. The molecular formula is C21H22N6O2S. The summed E-state index contributed by atoms with van der Waals surface area (Å²) in [4.78, 5) is 27.0. The number of fused-ring (bicyclic) bond motifs is 1. The highest BCUT2D eigenvalue weighted by Gasteiger charge is 2.29. The molecule has 0 saturated heterocycles. The lowest BCUT2D eigenvalue weighted by Crippen LogP contribution is -2.40. The number of anilines is 2. The molecule has 1 aromatic heterocycles. The highest BCUT2D eigenvalue weighted by molar-refractivity contribution is 7.99. The monoisotopic (exact) mass is 422 g/mol. The Kier molecular flexibility index (Phi) is 5.54. The van der Waals surface area contributed by atoms with Crippen molar-refractivity contribution in [3.8, 4) is 5.69 Å². The summed E-state index contributed by atoms with van der Waals surface area (Å²) in [6.45, 7) is 5.91. The fourth-order valence-electron chi connectivity index (χ4n) is 3.63. The molecule has 1 atom stereocenters. The molecule has 0 aliphatic carbocycles. The van der Waals surface area contributed by atoms with Crippen molar-refractivity contribution in [3.63, 3.8) is 0 Å². The number of aromatic nitrogens is 4. The standard InChI is InChI=1S/C21H22N6O2S/c1-13-8-9-17(14(2)10-13)27-21(23-24-25-27)30-12-20(29)26-15(3)11-19(28)22-16-6-4-5-7-18(16)26/h4-10,15H,11-12H2,1-3H3,(H,22,28)/t15-/m1/s1. The Bertz CT molecular complexity index is 1110. The summed E-state index contributed by atoms with van der Waals surface area (Å²) in [7, 11) is 0. The minimum absolute atomic E-state index is 0.100. The third kappa shape index (κ3) is 3.93. The number of tetrazole rings is 1. The van der Waals surface area contributed by atoms with Crippen LogP contribution in [0.15, 0.2) is 47.6 Å². The number of nitrogens with zero attached hydrogens (tertiary/aromatic N) is 5. The Balaban J connectivity index is 1.56. The lowest BCUT2D eigenvalue weighted by Gasteiger charge is -2.27. The maximum absolute atomic E-state index is 13.2. The van der Waals surface area contributed by atoms with E-state index in [0.29, 0.717) is 16.5 Å². The fraction of sp³-hybridized carbons (Fsp3) is 0.286. The van der Waals surface area contributed by atoms with E-state index in [1.807, 2.05) is 51.1 Å². The van der Waals surface area contributed by atoms with Gasteiger partial charge in [0.25, 0.3) is 0 Å². The van der Waals surface area contributed by atoms with Crippen molar-refractivity contribution in [2.45, 2.75) is 38.4 Å². The van der Waals surface area contributed by atoms with Crippen LogP contribution in [0.5, 0.6) is 0 Å². The summed E-state index contributed by atoms with van der Waals surface area (Å²) in [5, 5.41) is 15.4. The van der Waals surface area contributed by atoms with Crippen molar-refractivity contribution >= 4 is 35.0 Å². The van der Waals surface area contributed by atoms with Gasteiger partial charge in [0, 0.05) is 12.5 Å². The van der Waals surface area contributed by atoms with Gasteiger partial charge >= 0.3 is 0 Å². The molecule has 154 valence electrons. The van der Waals surface area contributed by atoms with Crippen LogP contribution in [0.1, 0.15) is 24.5 Å². The number of amides is 2. The van der Waals surface area contributed by atoms with Crippen LogP contribution in [0.3, 0.4) is 0 Å². The molecule has 1 aliphatic heterocycles. The Hall–Kier alpha value is -3.20. The van der Waals surface area contributed by atoms with Gasteiger partial charge in [-0.1, -0.05) is 41.6 Å². The fourth-order valence-corrected chi connectivity index (χ4v) is 4.37. The van der Waals surface area contributed by atoms with E-state index < -0.39 is 0 Å². The quantitative estimate of drug-likeness (QED) is 0.650. The molecule has 1 N–H and O–H groups in total. The highest BCUT2D eigenvalue weighted by Crippen LogP contribution is 2.32. The number of thioether (sulfide) groups is 1. The minimum Gasteiger partial charge on any atom is -0.324 e. The number of carbonyl (C=O) groups excluding carboxylic acids is 2. The maximum atomic E-state index is 13.2. The van der Waals surface area contributed by atoms with Gasteiger partial charge in [-0.25, -0.2) is 0 Å². The maximum Gasteiger partial charge on any atom is 0.237 e. The van der Waals surface area contributed by atoms with Crippen LogP contribution >= 0.6 is 11.8 Å². The normalized spacial score (nSPS) is 16.0. The average Bonchev–Trinajstić information content (AvgIpc) is 3.11. The van der Waals surface area contributed by atoms with Gasteiger partial charge in [0.15, 0.2) is 0 Å². The van der Waals surface area contributed by atoms with Crippen molar-refractivity contribution in [1.82, 2.24) is 20.2 Å². The number of nitrogens with one attached hydrogen (secondary N) is 1. The molecule has 30 heavy (non-hydrogen) atoms. The molecule has 3 aromatic rings. The summed E-state index contributed by atoms with van der Waals surface area (Å²) in [5.74, 6) is -0.0543. The van der Waals surface area contributed by atoms with E-state index in [1.165, 1.54) is 11.8 Å². The second-order valence-electron chi connectivity index (χ2n) is 7.33. The van der Waals surface area contributed by atoms with Gasteiger partial charge in [-0.3, -0.25) is 9.59 Å².